The van der Waals surface area contributed by atoms with Crippen molar-refractivity contribution in [3.63, 3.8) is 0 Å². The van der Waals surface area contributed by atoms with Gasteiger partial charge in [-0.3, -0.25) is 4.79 Å². The van der Waals surface area contributed by atoms with Crippen molar-refractivity contribution < 1.29 is 9.53 Å². The van der Waals surface area contributed by atoms with Crippen molar-refractivity contribution in [2.75, 3.05) is 5.32 Å². The molecule has 6 nitrogen and oxygen atoms in total. The minimum absolute atomic E-state index is 0.258. The van der Waals surface area contributed by atoms with E-state index >= 15 is 0 Å². The predicted octanol–water partition coefficient (Wildman–Crippen LogP) is 3.39. The van der Waals surface area contributed by atoms with E-state index in [4.69, 9.17) is 16.3 Å². The number of nitrogens with one attached hydrogen (secondary N) is 1. The van der Waals surface area contributed by atoms with Crippen molar-refractivity contribution in [1.82, 2.24) is 14.8 Å². The summed E-state index contributed by atoms with van der Waals surface area (Å²) in [5, 5.41) is 7.45. The zero-order valence-corrected chi connectivity index (χ0v) is 14.3. The molecule has 0 aliphatic carbocycles. The van der Waals surface area contributed by atoms with Gasteiger partial charge in [0.1, 0.15) is 18.4 Å². The molecule has 1 atom stereocenters. The summed E-state index contributed by atoms with van der Waals surface area (Å²) in [7, 11) is 0. The summed E-state index contributed by atoms with van der Waals surface area (Å²) in [5.74, 6) is 0.216. The second kappa shape index (κ2) is 7.81. The maximum absolute atomic E-state index is 12.5. The molecule has 0 radical (unpaired) electrons. The topological polar surface area (TPSA) is 69.0 Å². The molecule has 25 heavy (non-hydrogen) atoms. The Morgan fingerprint density at radius 2 is 2.00 bits per heavy atom. The molecule has 0 aliphatic rings. The third-order valence-electron chi connectivity index (χ3n) is 3.58. The molecule has 2 aromatic carbocycles. The third kappa shape index (κ3) is 4.36. The summed E-state index contributed by atoms with van der Waals surface area (Å²) in [5.41, 5.74) is 1.63. The van der Waals surface area contributed by atoms with Gasteiger partial charge in [-0.15, -0.1) is 0 Å². The van der Waals surface area contributed by atoms with Crippen molar-refractivity contribution in [2.45, 2.75) is 19.6 Å². The van der Waals surface area contributed by atoms with E-state index in [0.29, 0.717) is 23.0 Å². The number of carbonyl (C=O) groups excluding carboxylic acids is 1. The maximum atomic E-state index is 12.5. The Morgan fingerprint density at radius 3 is 2.76 bits per heavy atom. The summed E-state index contributed by atoms with van der Waals surface area (Å²) in [4.78, 5) is 16.4. The van der Waals surface area contributed by atoms with Crippen LogP contribution < -0.4 is 10.1 Å². The largest absolute Gasteiger partial charge is 0.479 e. The van der Waals surface area contributed by atoms with Crippen LogP contribution >= 0.6 is 11.6 Å². The molecule has 3 aromatic rings. The molecule has 128 valence electrons. The molecule has 1 amide bonds. The molecule has 0 saturated carbocycles. The number of hydrogen-bond donors (Lipinski definition) is 1. The third-order valence-corrected chi connectivity index (χ3v) is 3.90. The number of anilines is 1. The van der Waals surface area contributed by atoms with Crippen LogP contribution in [0, 0.1) is 0 Å². The first-order valence-corrected chi connectivity index (χ1v) is 8.13. The lowest BCUT2D eigenvalue weighted by atomic mass is 10.1. The van der Waals surface area contributed by atoms with Crippen LogP contribution in [0.5, 0.6) is 5.75 Å². The van der Waals surface area contributed by atoms with Crippen LogP contribution in [0.1, 0.15) is 12.5 Å². The summed E-state index contributed by atoms with van der Waals surface area (Å²) in [6.45, 7) is 2.19. The number of ether oxygens (including phenoxy) is 1. The quantitative estimate of drug-likeness (QED) is 0.735. The zero-order valence-electron chi connectivity index (χ0n) is 13.6. The van der Waals surface area contributed by atoms with Gasteiger partial charge in [0.15, 0.2) is 6.10 Å². The number of amides is 1. The van der Waals surface area contributed by atoms with Crippen molar-refractivity contribution in [3.05, 3.63) is 71.8 Å². The fraction of sp³-hybridized carbons (Fsp3) is 0.167. The Balaban J connectivity index is 1.69. The minimum Gasteiger partial charge on any atom is -0.479 e. The van der Waals surface area contributed by atoms with Gasteiger partial charge in [-0.1, -0.05) is 41.9 Å². The second-order valence-electron chi connectivity index (χ2n) is 5.43. The van der Waals surface area contributed by atoms with Crippen molar-refractivity contribution in [3.8, 4) is 5.75 Å². The van der Waals surface area contributed by atoms with Crippen LogP contribution in [0.15, 0.2) is 61.2 Å². The first-order valence-electron chi connectivity index (χ1n) is 7.76. The Hall–Kier alpha value is -2.86. The van der Waals surface area contributed by atoms with E-state index < -0.39 is 6.10 Å². The normalized spacial score (nSPS) is 11.8. The van der Waals surface area contributed by atoms with E-state index in [0.717, 1.165) is 5.56 Å². The number of nitrogens with zero attached hydrogens (tertiary/aromatic N) is 3. The molecule has 3 rings (SSSR count). The number of halogens is 1. The molecule has 0 spiro atoms. The smallest absolute Gasteiger partial charge is 0.265 e. The first-order chi connectivity index (χ1) is 12.1. The highest BCUT2D eigenvalue weighted by Crippen LogP contribution is 2.24. The van der Waals surface area contributed by atoms with Gasteiger partial charge < -0.3 is 10.1 Å². The molecule has 1 aromatic heterocycles. The fourth-order valence-electron chi connectivity index (χ4n) is 2.29. The lowest BCUT2D eigenvalue weighted by Gasteiger charge is -2.17. The Kier molecular flexibility index (Phi) is 5.30. The van der Waals surface area contributed by atoms with Gasteiger partial charge in [-0.25, -0.2) is 9.67 Å². The molecular weight excluding hydrogens is 340 g/mol. The second-order valence-corrected chi connectivity index (χ2v) is 5.84. The lowest BCUT2D eigenvalue weighted by molar-refractivity contribution is -0.122. The number of hydrogen-bond acceptors (Lipinski definition) is 4. The summed E-state index contributed by atoms with van der Waals surface area (Å²) in [6.07, 6.45) is 2.40. The van der Waals surface area contributed by atoms with Crippen molar-refractivity contribution >= 4 is 23.2 Å². The van der Waals surface area contributed by atoms with E-state index in [1.54, 1.807) is 42.2 Å². The number of carbonyl (C=O) groups is 1. The highest BCUT2D eigenvalue weighted by atomic mass is 35.5. The maximum Gasteiger partial charge on any atom is 0.265 e. The molecular formula is C18H17ClN4O2. The Labute approximate surface area is 150 Å². The van der Waals surface area contributed by atoms with Crippen LogP contribution in [0.2, 0.25) is 5.02 Å². The number of aromatic nitrogens is 3. The van der Waals surface area contributed by atoms with E-state index in [2.05, 4.69) is 15.4 Å². The van der Waals surface area contributed by atoms with E-state index in [9.17, 15) is 4.79 Å². The number of para-hydroxylation sites is 2. The highest BCUT2D eigenvalue weighted by Gasteiger charge is 2.17. The van der Waals surface area contributed by atoms with Crippen molar-refractivity contribution in [1.29, 1.82) is 0 Å². The summed E-state index contributed by atoms with van der Waals surface area (Å²) < 4.78 is 7.34. The lowest BCUT2D eigenvalue weighted by Crippen LogP contribution is -2.30. The van der Waals surface area contributed by atoms with Gasteiger partial charge in [-0.05, 0) is 30.7 Å². The summed E-state index contributed by atoms with van der Waals surface area (Å²) in [6, 6.07) is 14.6. The van der Waals surface area contributed by atoms with Crippen LogP contribution in [-0.2, 0) is 11.3 Å². The minimum atomic E-state index is -0.695. The first kappa shape index (κ1) is 17.0. The van der Waals surface area contributed by atoms with Crippen molar-refractivity contribution in [2.24, 2.45) is 0 Å². The van der Waals surface area contributed by atoms with E-state index in [1.807, 2.05) is 24.3 Å². The molecule has 0 bridgehead atoms. The molecule has 0 saturated heterocycles. The predicted molar refractivity (Wildman–Crippen MR) is 95.7 cm³/mol. The zero-order chi connectivity index (χ0) is 17.6. The highest BCUT2D eigenvalue weighted by molar-refractivity contribution is 6.32. The average Bonchev–Trinajstić information content (AvgIpc) is 3.11. The van der Waals surface area contributed by atoms with Gasteiger partial charge in [0.05, 0.1) is 11.6 Å². The van der Waals surface area contributed by atoms with E-state index in [1.165, 1.54) is 6.33 Å². The van der Waals surface area contributed by atoms with Crippen LogP contribution in [-0.4, -0.2) is 26.8 Å². The SMILES string of the molecule is CC(Oc1ccccc1Cl)C(=O)Nc1ccccc1Cn1cncn1. The molecule has 0 fully saturated rings. The van der Waals surface area contributed by atoms with Gasteiger partial charge in [0, 0.05) is 5.69 Å². The van der Waals surface area contributed by atoms with Gasteiger partial charge in [0.25, 0.3) is 5.91 Å². The fourth-order valence-corrected chi connectivity index (χ4v) is 2.47. The van der Waals surface area contributed by atoms with Gasteiger partial charge in [-0.2, -0.15) is 5.10 Å². The van der Waals surface area contributed by atoms with Crippen LogP contribution in [0.25, 0.3) is 0 Å². The molecule has 7 heteroatoms. The summed E-state index contributed by atoms with van der Waals surface area (Å²) >= 11 is 6.07. The average molecular weight is 357 g/mol. The molecule has 1 unspecified atom stereocenters. The molecule has 1 N–H and O–H groups in total. The molecule has 1 heterocycles. The van der Waals surface area contributed by atoms with Crippen LogP contribution in [0.3, 0.4) is 0 Å². The number of benzene rings is 2. The molecule has 0 aliphatic heterocycles. The van der Waals surface area contributed by atoms with Crippen LogP contribution in [0.4, 0.5) is 5.69 Å². The Morgan fingerprint density at radius 1 is 1.24 bits per heavy atom. The van der Waals surface area contributed by atoms with E-state index in [-0.39, 0.29) is 5.91 Å². The van der Waals surface area contributed by atoms with Gasteiger partial charge in [0.2, 0.25) is 0 Å². The monoisotopic (exact) mass is 356 g/mol. The number of rotatable bonds is 6. The van der Waals surface area contributed by atoms with Gasteiger partial charge >= 0.3 is 0 Å². The Bertz CT molecular complexity index is 852. The standard InChI is InChI=1S/C18H17ClN4O2/c1-13(25-17-9-5-3-7-15(17)19)18(24)22-16-8-4-2-6-14(16)10-23-12-20-11-21-23/h2-9,11-13H,10H2,1H3,(H,22,24).